The van der Waals surface area contributed by atoms with Crippen LogP contribution in [0.5, 0.6) is 0 Å². The molecule has 1 aromatic carbocycles. The molecular weight excluding hydrogens is 302 g/mol. The molecule has 1 aromatic rings. The van der Waals surface area contributed by atoms with Crippen LogP contribution in [0, 0.1) is 11.8 Å². The van der Waals surface area contributed by atoms with Crippen LogP contribution in [0.4, 0.5) is 5.69 Å². The Morgan fingerprint density at radius 3 is 2.71 bits per heavy atom. The molecule has 3 aliphatic rings. The Bertz CT molecular complexity index is 656. The van der Waals surface area contributed by atoms with Crippen LogP contribution in [-0.2, 0) is 4.79 Å². The van der Waals surface area contributed by atoms with Gasteiger partial charge in [0.2, 0.25) is 5.91 Å². The Balaban J connectivity index is 1.34. The van der Waals surface area contributed by atoms with Crippen LogP contribution in [0.2, 0.25) is 0 Å². The van der Waals surface area contributed by atoms with Gasteiger partial charge in [-0.05, 0) is 49.8 Å². The Morgan fingerprint density at radius 1 is 1.21 bits per heavy atom. The molecule has 5 heteroatoms. The van der Waals surface area contributed by atoms with Crippen molar-refractivity contribution in [1.29, 1.82) is 0 Å². The Kier molecular flexibility index (Phi) is 4.04. The largest absolute Gasteiger partial charge is 0.348 e. The molecule has 0 spiro atoms. The summed E-state index contributed by atoms with van der Waals surface area (Å²) >= 11 is 0. The molecule has 128 valence electrons. The number of hydrogen-bond donors (Lipinski definition) is 2. The Morgan fingerprint density at radius 2 is 2.00 bits per heavy atom. The molecule has 0 unspecified atom stereocenters. The van der Waals surface area contributed by atoms with Gasteiger partial charge in [-0.15, -0.1) is 0 Å². The summed E-state index contributed by atoms with van der Waals surface area (Å²) in [6.07, 6.45) is 4.60. The van der Waals surface area contributed by atoms with Gasteiger partial charge >= 0.3 is 0 Å². The van der Waals surface area contributed by atoms with Crippen LogP contribution in [-0.4, -0.2) is 41.9 Å². The minimum absolute atomic E-state index is 0.0477. The van der Waals surface area contributed by atoms with E-state index in [4.69, 9.17) is 0 Å². The van der Waals surface area contributed by atoms with Crippen LogP contribution in [0.3, 0.4) is 0 Å². The number of rotatable bonds is 5. The maximum atomic E-state index is 12.5. The molecule has 2 N–H and O–H groups in total. The predicted molar refractivity (Wildman–Crippen MR) is 92.8 cm³/mol. The fourth-order valence-corrected chi connectivity index (χ4v) is 3.61. The maximum absolute atomic E-state index is 12.5. The molecule has 24 heavy (non-hydrogen) atoms. The fraction of sp³-hybridized carbons (Fsp3) is 0.579. The highest BCUT2D eigenvalue weighted by atomic mass is 16.2. The van der Waals surface area contributed by atoms with Gasteiger partial charge in [-0.1, -0.05) is 13.0 Å². The van der Waals surface area contributed by atoms with Gasteiger partial charge in [-0.25, -0.2) is 0 Å². The van der Waals surface area contributed by atoms with Crippen molar-refractivity contribution in [2.45, 2.75) is 44.7 Å². The molecule has 0 bridgehead atoms. The molecule has 1 heterocycles. The first-order chi connectivity index (χ1) is 11.6. The number of anilines is 1. The number of carbonyl (C=O) groups excluding carboxylic acids is 2. The third-order valence-corrected chi connectivity index (χ3v) is 5.46. The summed E-state index contributed by atoms with van der Waals surface area (Å²) in [5, 5.41) is 6.06. The first kappa shape index (κ1) is 15.6. The number of nitrogens with zero attached hydrogens (tertiary/aromatic N) is 1. The van der Waals surface area contributed by atoms with Crippen molar-refractivity contribution in [3.8, 4) is 0 Å². The lowest BCUT2D eigenvalue weighted by atomic mass is 10.1. The third kappa shape index (κ3) is 3.46. The van der Waals surface area contributed by atoms with Gasteiger partial charge in [0, 0.05) is 42.3 Å². The number of carbonyl (C=O) groups is 2. The van der Waals surface area contributed by atoms with E-state index in [1.54, 1.807) is 12.1 Å². The van der Waals surface area contributed by atoms with Crippen molar-refractivity contribution < 1.29 is 9.59 Å². The molecule has 4 rings (SSSR count). The quantitative estimate of drug-likeness (QED) is 0.872. The normalized spacial score (nSPS) is 29.3. The molecule has 2 amide bonds. The Labute approximate surface area is 142 Å². The second-order valence-electron chi connectivity index (χ2n) is 7.57. The van der Waals surface area contributed by atoms with Crippen LogP contribution < -0.4 is 10.6 Å². The lowest BCUT2D eigenvalue weighted by Crippen LogP contribution is -2.37. The fourth-order valence-electron chi connectivity index (χ4n) is 3.61. The molecular formula is C19H25N3O2. The van der Waals surface area contributed by atoms with Gasteiger partial charge in [0.25, 0.3) is 5.91 Å². The molecule has 0 radical (unpaired) electrons. The van der Waals surface area contributed by atoms with Gasteiger partial charge in [0.15, 0.2) is 0 Å². The summed E-state index contributed by atoms with van der Waals surface area (Å²) in [7, 11) is 0. The SMILES string of the molecule is C[C@@H]1C[C@@H]1C(=O)Nc1cccc(C(=O)N[C@@H]2CCN(C3CC3)C2)c1. The van der Waals surface area contributed by atoms with Crippen LogP contribution >= 0.6 is 0 Å². The van der Waals surface area contributed by atoms with Crippen molar-refractivity contribution in [2.75, 3.05) is 18.4 Å². The average Bonchev–Trinajstić information content (AvgIpc) is 3.48. The van der Waals surface area contributed by atoms with E-state index in [1.165, 1.54) is 12.8 Å². The summed E-state index contributed by atoms with van der Waals surface area (Å²) in [4.78, 5) is 27.0. The summed E-state index contributed by atoms with van der Waals surface area (Å²) < 4.78 is 0. The first-order valence-electron chi connectivity index (χ1n) is 9.06. The van der Waals surface area contributed by atoms with Crippen molar-refractivity contribution >= 4 is 17.5 Å². The van der Waals surface area contributed by atoms with Crippen molar-refractivity contribution in [3.05, 3.63) is 29.8 Å². The van der Waals surface area contributed by atoms with Crippen LogP contribution in [0.15, 0.2) is 24.3 Å². The lowest BCUT2D eigenvalue weighted by molar-refractivity contribution is -0.117. The number of hydrogen-bond acceptors (Lipinski definition) is 3. The molecule has 1 aliphatic heterocycles. The van der Waals surface area contributed by atoms with E-state index in [1.807, 2.05) is 12.1 Å². The minimum atomic E-state index is -0.0477. The van der Waals surface area contributed by atoms with Crippen molar-refractivity contribution in [2.24, 2.45) is 11.8 Å². The molecule has 3 atom stereocenters. The molecule has 2 aliphatic carbocycles. The highest BCUT2D eigenvalue weighted by molar-refractivity contribution is 5.98. The third-order valence-electron chi connectivity index (χ3n) is 5.46. The van der Waals surface area contributed by atoms with E-state index in [-0.39, 0.29) is 23.8 Å². The van der Waals surface area contributed by atoms with E-state index < -0.39 is 0 Å². The smallest absolute Gasteiger partial charge is 0.251 e. The zero-order chi connectivity index (χ0) is 16.7. The zero-order valence-corrected chi connectivity index (χ0v) is 14.1. The van der Waals surface area contributed by atoms with E-state index in [2.05, 4.69) is 22.5 Å². The molecule has 0 aromatic heterocycles. The second kappa shape index (κ2) is 6.20. The average molecular weight is 327 g/mol. The van der Waals surface area contributed by atoms with E-state index >= 15 is 0 Å². The molecule has 2 saturated carbocycles. The molecule has 3 fully saturated rings. The van der Waals surface area contributed by atoms with Crippen molar-refractivity contribution in [3.63, 3.8) is 0 Å². The summed E-state index contributed by atoms with van der Waals surface area (Å²) in [6, 6.07) is 8.24. The first-order valence-corrected chi connectivity index (χ1v) is 9.06. The Hall–Kier alpha value is -1.88. The summed E-state index contributed by atoms with van der Waals surface area (Å²) in [5.74, 6) is 0.632. The monoisotopic (exact) mass is 327 g/mol. The number of nitrogens with one attached hydrogen (secondary N) is 2. The zero-order valence-electron chi connectivity index (χ0n) is 14.1. The number of likely N-dealkylation sites (tertiary alicyclic amines) is 1. The maximum Gasteiger partial charge on any atom is 0.251 e. The highest BCUT2D eigenvalue weighted by Gasteiger charge is 2.39. The molecule has 1 saturated heterocycles. The minimum Gasteiger partial charge on any atom is -0.348 e. The van der Waals surface area contributed by atoms with Crippen molar-refractivity contribution in [1.82, 2.24) is 10.2 Å². The van der Waals surface area contributed by atoms with Gasteiger partial charge in [-0.2, -0.15) is 0 Å². The summed E-state index contributed by atoms with van der Waals surface area (Å²) in [6.45, 7) is 4.14. The van der Waals surface area contributed by atoms with E-state index in [0.29, 0.717) is 17.2 Å². The second-order valence-corrected chi connectivity index (χ2v) is 7.57. The van der Waals surface area contributed by atoms with E-state index in [9.17, 15) is 9.59 Å². The van der Waals surface area contributed by atoms with Gasteiger partial charge in [0.1, 0.15) is 0 Å². The van der Waals surface area contributed by atoms with Gasteiger partial charge < -0.3 is 10.6 Å². The molecule has 5 nitrogen and oxygen atoms in total. The van der Waals surface area contributed by atoms with Gasteiger partial charge in [0.05, 0.1) is 0 Å². The van der Waals surface area contributed by atoms with Gasteiger partial charge in [-0.3, -0.25) is 14.5 Å². The predicted octanol–water partition coefficient (Wildman–Crippen LogP) is 2.25. The number of amides is 2. The summed E-state index contributed by atoms with van der Waals surface area (Å²) in [5.41, 5.74) is 1.32. The van der Waals surface area contributed by atoms with Crippen LogP contribution in [0.25, 0.3) is 0 Å². The highest BCUT2D eigenvalue weighted by Crippen LogP contribution is 2.38. The lowest BCUT2D eigenvalue weighted by Gasteiger charge is -2.16. The number of benzene rings is 1. The van der Waals surface area contributed by atoms with E-state index in [0.717, 1.165) is 32.0 Å². The topological polar surface area (TPSA) is 61.4 Å². The standard InChI is InChI=1S/C19H25N3O2/c1-12-9-17(12)19(24)20-14-4-2-3-13(10-14)18(23)21-15-7-8-22(11-15)16-5-6-16/h2-4,10,12,15-17H,5-9,11H2,1H3,(H,20,24)(H,21,23)/t12-,15-,17+/m1/s1. The van der Waals surface area contributed by atoms with Crippen LogP contribution in [0.1, 0.15) is 43.0 Å².